The molecule has 3 aromatic carbocycles. The second-order valence-corrected chi connectivity index (χ2v) is 10.2. The molecule has 0 unspecified atom stereocenters. The minimum Gasteiger partial charge on any atom is -0.507 e. The Labute approximate surface area is 241 Å². The van der Waals surface area contributed by atoms with Crippen LogP contribution in [-0.2, 0) is 16.0 Å². The fourth-order valence-corrected chi connectivity index (χ4v) is 5.97. The molecule has 1 aromatic heterocycles. The Hall–Kier alpha value is -4.57. The molecular weight excluding hydrogens is 544 g/mol. The van der Waals surface area contributed by atoms with E-state index in [9.17, 15) is 14.7 Å². The van der Waals surface area contributed by atoms with Crippen molar-refractivity contribution in [3.8, 4) is 23.0 Å². The Morgan fingerprint density at radius 3 is 2.22 bits per heavy atom. The molecule has 5 rings (SSSR count). The number of benzene rings is 3. The molecule has 0 bridgehead atoms. The predicted octanol–water partition coefficient (Wildman–Crippen LogP) is 5.91. The zero-order chi connectivity index (χ0) is 29.3. The van der Waals surface area contributed by atoms with Crippen molar-refractivity contribution in [2.24, 2.45) is 0 Å². The van der Waals surface area contributed by atoms with Crippen molar-refractivity contribution in [3.63, 3.8) is 0 Å². The third-order valence-electron chi connectivity index (χ3n) is 6.94. The van der Waals surface area contributed by atoms with E-state index in [0.29, 0.717) is 51.4 Å². The number of fused-ring (bicyclic) bond motifs is 1. The maximum absolute atomic E-state index is 13.7. The number of aliphatic hydroxyl groups is 1. The third-order valence-corrected chi connectivity index (χ3v) is 7.96. The van der Waals surface area contributed by atoms with Gasteiger partial charge in [-0.05, 0) is 73.0 Å². The number of ether oxygens (including phenoxy) is 4. The standard InChI is InChI=1S/C31H30N2O7S/c1-6-17-8-13-21-24(14-17)41-31(32-21)33-26(19-15-22(37-3)29(39-5)23(16-19)38-4)25(28(35)30(33)36)27(34)18-9-11-20(12-10-18)40-7-2/h8-16,26,34H,6-7H2,1-5H3/t26-/m1/s1. The van der Waals surface area contributed by atoms with Gasteiger partial charge in [-0.2, -0.15) is 0 Å². The number of anilines is 1. The molecule has 1 fully saturated rings. The summed E-state index contributed by atoms with van der Waals surface area (Å²) in [7, 11) is 4.46. The van der Waals surface area contributed by atoms with Gasteiger partial charge in [0.2, 0.25) is 5.75 Å². The lowest BCUT2D eigenvalue weighted by molar-refractivity contribution is -0.132. The summed E-state index contributed by atoms with van der Waals surface area (Å²) in [5, 5.41) is 11.9. The first kappa shape index (κ1) is 28.0. The molecule has 1 aliphatic rings. The van der Waals surface area contributed by atoms with Crippen molar-refractivity contribution in [1.29, 1.82) is 0 Å². The monoisotopic (exact) mass is 574 g/mol. The smallest absolute Gasteiger partial charge is 0.301 e. The van der Waals surface area contributed by atoms with Crippen molar-refractivity contribution >= 4 is 44.1 Å². The number of carbonyl (C=O) groups is 2. The molecule has 2 heterocycles. The van der Waals surface area contributed by atoms with Gasteiger partial charge in [0.1, 0.15) is 11.5 Å². The second kappa shape index (κ2) is 11.5. The largest absolute Gasteiger partial charge is 0.507 e. The number of aromatic nitrogens is 1. The van der Waals surface area contributed by atoms with Gasteiger partial charge in [0.25, 0.3) is 5.78 Å². The van der Waals surface area contributed by atoms with Gasteiger partial charge in [0.05, 0.1) is 49.8 Å². The summed E-state index contributed by atoms with van der Waals surface area (Å²) in [5.74, 6) is -0.298. The number of ketones is 1. The Bertz CT molecular complexity index is 1630. The molecule has 4 aromatic rings. The molecule has 1 aliphatic heterocycles. The minimum absolute atomic E-state index is 0.0815. The highest BCUT2D eigenvalue weighted by Gasteiger charge is 2.48. The number of hydrogen-bond donors (Lipinski definition) is 1. The van der Waals surface area contributed by atoms with Gasteiger partial charge in [-0.25, -0.2) is 4.98 Å². The highest BCUT2D eigenvalue weighted by Crippen LogP contribution is 2.48. The van der Waals surface area contributed by atoms with Gasteiger partial charge < -0.3 is 24.1 Å². The number of thiazole rings is 1. The summed E-state index contributed by atoms with van der Waals surface area (Å²) in [4.78, 5) is 33.4. The van der Waals surface area contributed by atoms with E-state index < -0.39 is 17.7 Å². The lowest BCUT2D eigenvalue weighted by Crippen LogP contribution is -2.29. The van der Waals surface area contributed by atoms with Crippen LogP contribution in [0, 0.1) is 0 Å². The van der Waals surface area contributed by atoms with Crippen LogP contribution in [-0.4, -0.2) is 49.7 Å². The number of carbonyl (C=O) groups excluding carboxylic acids is 2. The van der Waals surface area contributed by atoms with Crippen LogP contribution in [0.15, 0.2) is 60.2 Å². The predicted molar refractivity (Wildman–Crippen MR) is 157 cm³/mol. The molecule has 10 heteroatoms. The summed E-state index contributed by atoms with van der Waals surface area (Å²) in [6.07, 6.45) is 0.848. The third kappa shape index (κ3) is 4.95. The number of hydrogen-bond acceptors (Lipinski definition) is 9. The summed E-state index contributed by atoms with van der Waals surface area (Å²) in [5.41, 5.74) is 2.59. The van der Waals surface area contributed by atoms with Gasteiger partial charge >= 0.3 is 5.91 Å². The van der Waals surface area contributed by atoms with E-state index >= 15 is 0 Å². The average molecular weight is 575 g/mol. The average Bonchev–Trinajstić information content (AvgIpc) is 3.53. The molecular formula is C31H30N2O7S. The van der Waals surface area contributed by atoms with Crippen LogP contribution in [0.4, 0.5) is 5.13 Å². The number of aryl methyl sites for hydroxylation is 1. The van der Waals surface area contributed by atoms with E-state index in [1.165, 1.54) is 37.6 Å². The first-order valence-electron chi connectivity index (χ1n) is 13.1. The Morgan fingerprint density at radius 2 is 1.63 bits per heavy atom. The van der Waals surface area contributed by atoms with Crippen LogP contribution >= 0.6 is 11.3 Å². The number of aliphatic hydroxyl groups excluding tert-OH is 1. The maximum atomic E-state index is 13.7. The molecule has 9 nitrogen and oxygen atoms in total. The van der Waals surface area contributed by atoms with Crippen molar-refractivity contribution in [3.05, 3.63) is 76.9 Å². The van der Waals surface area contributed by atoms with Crippen LogP contribution in [0.25, 0.3) is 16.0 Å². The normalized spacial score (nSPS) is 16.3. The van der Waals surface area contributed by atoms with Gasteiger partial charge in [0, 0.05) is 5.56 Å². The Morgan fingerprint density at radius 1 is 0.951 bits per heavy atom. The topological polar surface area (TPSA) is 107 Å². The van der Waals surface area contributed by atoms with Gasteiger partial charge in [-0.1, -0.05) is 24.3 Å². The molecule has 0 radical (unpaired) electrons. The molecule has 0 aliphatic carbocycles. The summed E-state index contributed by atoms with van der Waals surface area (Å²) >= 11 is 1.31. The highest BCUT2D eigenvalue weighted by molar-refractivity contribution is 7.22. The van der Waals surface area contributed by atoms with Crippen LogP contribution in [0.2, 0.25) is 0 Å². The molecule has 1 N–H and O–H groups in total. The lowest BCUT2D eigenvalue weighted by Gasteiger charge is -2.24. The first-order chi connectivity index (χ1) is 19.8. The molecule has 41 heavy (non-hydrogen) atoms. The van der Waals surface area contributed by atoms with Gasteiger partial charge in [0.15, 0.2) is 16.6 Å². The molecule has 212 valence electrons. The first-order valence-corrected chi connectivity index (χ1v) is 13.9. The molecule has 1 saturated heterocycles. The zero-order valence-corrected chi connectivity index (χ0v) is 24.2. The summed E-state index contributed by atoms with van der Waals surface area (Å²) in [6, 6.07) is 14.9. The highest BCUT2D eigenvalue weighted by atomic mass is 32.1. The van der Waals surface area contributed by atoms with E-state index in [2.05, 4.69) is 6.92 Å². The van der Waals surface area contributed by atoms with Crippen molar-refractivity contribution in [2.75, 3.05) is 32.8 Å². The fraction of sp³-hybridized carbons (Fsp3) is 0.258. The molecule has 0 saturated carbocycles. The van der Waals surface area contributed by atoms with E-state index in [0.717, 1.165) is 16.7 Å². The number of rotatable bonds is 9. The van der Waals surface area contributed by atoms with Crippen molar-refractivity contribution < 1.29 is 33.6 Å². The zero-order valence-electron chi connectivity index (χ0n) is 23.4. The molecule has 1 amide bonds. The second-order valence-electron chi connectivity index (χ2n) is 9.24. The number of amides is 1. The van der Waals surface area contributed by atoms with Crippen LogP contribution < -0.4 is 23.8 Å². The molecule has 1 atom stereocenters. The summed E-state index contributed by atoms with van der Waals surface area (Å²) < 4.78 is 23.0. The van der Waals surface area contributed by atoms with E-state index in [1.807, 2.05) is 25.1 Å². The van der Waals surface area contributed by atoms with Crippen LogP contribution in [0.1, 0.15) is 36.6 Å². The van der Waals surface area contributed by atoms with E-state index in [1.54, 1.807) is 36.4 Å². The summed E-state index contributed by atoms with van der Waals surface area (Å²) in [6.45, 7) is 4.42. The quantitative estimate of drug-likeness (QED) is 0.149. The van der Waals surface area contributed by atoms with Crippen molar-refractivity contribution in [1.82, 2.24) is 4.98 Å². The Kier molecular flexibility index (Phi) is 7.85. The van der Waals surface area contributed by atoms with Crippen LogP contribution in [0.5, 0.6) is 23.0 Å². The van der Waals surface area contributed by atoms with Crippen molar-refractivity contribution in [2.45, 2.75) is 26.3 Å². The lowest BCUT2D eigenvalue weighted by atomic mass is 9.94. The van der Waals surface area contributed by atoms with Crippen LogP contribution in [0.3, 0.4) is 0 Å². The fourth-order valence-electron chi connectivity index (χ4n) is 4.92. The van der Waals surface area contributed by atoms with E-state index in [-0.39, 0.29) is 11.3 Å². The Balaban J connectivity index is 1.74. The number of methoxy groups -OCH3 is 3. The minimum atomic E-state index is -1.03. The van der Waals surface area contributed by atoms with Gasteiger partial charge in [-0.15, -0.1) is 0 Å². The van der Waals surface area contributed by atoms with E-state index in [4.69, 9.17) is 23.9 Å². The number of nitrogens with zero attached hydrogens (tertiary/aromatic N) is 2. The number of Topliss-reactive ketones (excluding diaryl/α,β-unsaturated/α-hetero) is 1. The SMILES string of the molecule is CCOc1ccc(C(O)=C2C(=O)C(=O)N(c3nc4ccc(CC)cc4s3)[C@@H]2c2cc(OC)c(OC)c(OC)c2)cc1. The maximum Gasteiger partial charge on any atom is 0.301 e. The van der Waals surface area contributed by atoms with Gasteiger partial charge in [-0.3, -0.25) is 14.5 Å². The molecule has 0 spiro atoms.